The van der Waals surface area contributed by atoms with Gasteiger partial charge in [0.1, 0.15) is 11.5 Å². The minimum Gasteiger partial charge on any atom is -0.490 e. The van der Waals surface area contributed by atoms with Crippen LogP contribution in [0.15, 0.2) is 40.3 Å². The summed E-state index contributed by atoms with van der Waals surface area (Å²) < 4.78 is 76.4. The number of halogens is 3. The number of alkyl halides is 2. The van der Waals surface area contributed by atoms with Crippen LogP contribution in [-0.2, 0) is 9.84 Å². The number of nitrogens with zero attached hydrogens (tertiary/aromatic N) is 1. The molecule has 0 bridgehead atoms. The highest BCUT2D eigenvalue weighted by Gasteiger charge is 2.44. The van der Waals surface area contributed by atoms with Gasteiger partial charge >= 0.3 is 0 Å². The Kier molecular flexibility index (Phi) is 5.80. The van der Waals surface area contributed by atoms with E-state index in [9.17, 15) is 21.6 Å². The fourth-order valence-corrected chi connectivity index (χ4v) is 4.44. The zero-order chi connectivity index (χ0) is 21.4. The van der Waals surface area contributed by atoms with E-state index in [-0.39, 0.29) is 23.7 Å². The average molecular weight is 429 g/mol. The summed E-state index contributed by atoms with van der Waals surface area (Å²) in [6.45, 7) is 5.06. The lowest BCUT2D eigenvalue weighted by Gasteiger charge is -2.36. The van der Waals surface area contributed by atoms with Crippen LogP contribution in [0.5, 0.6) is 5.75 Å². The summed E-state index contributed by atoms with van der Waals surface area (Å²) in [5.74, 6) is -4.58. The molecular weight excluding hydrogens is 407 g/mol. The van der Waals surface area contributed by atoms with E-state index in [1.807, 2.05) is 0 Å². The van der Waals surface area contributed by atoms with Crippen molar-refractivity contribution in [2.24, 2.45) is 11.8 Å². The van der Waals surface area contributed by atoms with Crippen molar-refractivity contribution in [3.05, 3.63) is 47.3 Å². The second-order valence-electron chi connectivity index (χ2n) is 7.48. The third kappa shape index (κ3) is 5.01. The Labute approximate surface area is 167 Å². The molecule has 1 aliphatic carbocycles. The van der Waals surface area contributed by atoms with Crippen LogP contribution in [-0.4, -0.2) is 32.4 Å². The Balaban J connectivity index is 1.76. The van der Waals surface area contributed by atoms with Gasteiger partial charge in [0.05, 0.1) is 6.61 Å². The monoisotopic (exact) mass is 429 g/mol. The summed E-state index contributed by atoms with van der Waals surface area (Å²) in [4.78, 5) is -0.0844. The van der Waals surface area contributed by atoms with E-state index in [0.717, 1.165) is 6.26 Å². The molecular formula is C20H22F3NO4S. The maximum absolute atomic E-state index is 14.4. The van der Waals surface area contributed by atoms with Crippen molar-refractivity contribution in [1.29, 1.82) is 0 Å². The zero-order valence-corrected chi connectivity index (χ0v) is 16.9. The first-order chi connectivity index (χ1) is 13.5. The normalized spacial score (nSPS) is 21.7. The van der Waals surface area contributed by atoms with Crippen LogP contribution in [0.25, 0.3) is 11.3 Å². The molecule has 0 N–H and O–H groups in total. The van der Waals surface area contributed by atoms with Gasteiger partial charge in [-0.05, 0) is 31.5 Å². The van der Waals surface area contributed by atoms with E-state index in [2.05, 4.69) is 11.7 Å². The SMILES string of the molecule is C=C(C1CCC(F)(F)C[C@@H]1COc1ccc(-c2cc(C)on2)cc1F)S(C)(=O)=O. The number of benzene rings is 1. The van der Waals surface area contributed by atoms with Crippen molar-refractivity contribution in [3.8, 4) is 17.0 Å². The Bertz CT molecular complexity index is 1020. The molecule has 3 rings (SSSR count). The average Bonchev–Trinajstić information content (AvgIpc) is 3.05. The maximum Gasteiger partial charge on any atom is 0.248 e. The topological polar surface area (TPSA) is 69.4 Å². The maximum atomic E-state index is 14.4. The third-order valence-corrected chi connectivity index (χ3v) is 6.40. The molecule has 2 atom stereocenters. The first-order valence-electron chi connectivity index (χ1n) is 9.09. The van der Waals surface area contributed by atoms with Gasteiger partial charge in [0.15, 0.2) is 21.4 Å². The highest BCUT2D eigenvalue weighted by molar-refractivity contribution is 7.94. The number of hydrogen-bond donors (Lipinski definition) is 0. The molecule has 9 heteroatoms. The smallest absolute Gasteiger partial charge is 0.248 e. The van der Waals surface area contributed by atoms with Gasteiger partial charge in [0.2, 0.25) is 5.92 Å². The largest absolute Gasteiger partial charge is 0.490 e. The summed E-state index contributed by atoms with van der Waals surface area (Å²) in [6, 6.07) is 5.84. The molecule has 0 spiro atoms. The molecule has 29 heavy (non-hydrogen) atoms. The first-order valence-corrected chi connectivity index (χ1v) is 11.0. The molecule has 1 aliphatic rings. The van der Waals surface area contributed by atoms with Gasteiger partial charge in [0, 0.05) is 47.5 Å². The number of aromatic nitrogens is 1. The zero-order valence-electron chi connectivity index (χ0n) is 16.1. The number of aryl methyl sites for hydroxylation is 1. The fraction of sp³-hybridized carbons (Fsp3) is 0.450. The third-order valence-electron chi connectivity index (χ3n) is 5.15. The molecule has 2 aromatic rings. The van der Waals surface area contributed by atoms with Crippen LogP contribution < -0.4 is 4.74 Å². The Morgan fingerprint density at radius 1 is 1.38 bits per heavy atom. The lowest BCUT2D eigenvalue weighted by Crippen LogP contribution is -2.37. The van der Waals surface area contributed by atoms with Crippen LogP contribution in [0.1, 0.15) is 25.0 Å². The predicted molar refractivity (Wildman–Crippen MR) is 102 cm³/mol. The summed E-state index contributed by atoms with van der Waals surface area (Å²) in [6.07, 6.45) is 0.0386. The molecule has 1 aromatic carbocycles. The summed E-state index contributed by atoms with van der Waals surface area (Å²) in [7, 11) is -3.58. The molecule has 0 saturated heterocycles. The summed E-state index contributed by atoms with van der Waals surface area (Å²) >= 11 is 0. The Hall–Kier alpha value is -2.29. The van der Waals surface area contributed by atoms with E-state index >= 15 is 0 Å². The van der Waals surface area contributed by atoms with Crippen molar-refractivity contribution in [2.45, 2.75) is 32.1 Å². The second-order valence-corrected chi connectivity index (χ2v) is 9.55. The van der Waals surface area contributed by atoms with Gasteiger partial charge in [-0.15, -0.1) is 0 Å². The van der Waals surface area contributed by atoms with Gasteiger partial charge in [-0.3, -0.25) is 0 Å². The summed E-state index contributed by atoms with van der Waals surface area (Å²) in [5, 5.41) is 3.81. The van der Waals surface area contributed by atoms with Gasteiger partial charge in [-0.2, -0.15) is 0 Å². The number of ether oxygens (including phenoxy) is 1. The minimum absolute atomic E-state index is 0.0140. The molecule has 1 heterocycles. The van der Waals surface area contributed by atoms with Gasteiger partial charge in [-0.25, -0.2) is 21.6 Å². The molecule has 0 radical (unpaired) electrons. The van der Waals surface area contributed by atoms with Crippen molar-refractivity contribution in [2.75, 3.05) is 12.9 Å². The van der Waals surface area contributed by atoms with E-state index in [1.165, 1.54) is 12.1 Å². The number of sulfone groups is 1. The van der Waals surface area contributed by atoms with Crippen LogP contribution in [0, 0.1) is 24.6 Å². The molecule has 1 unspecified atom stereocenters. The van der Waals surface area contributed by atoms with E-state index in [0.29, 0.717) is 17.0 Å². The molecule has 5 nitrogen and oxygen atoms in total. The Morgan fingerprint density at radius 2 is 2.10 bits per heavy atom. The standard InChI is InChI=1S/C20H22F3NO4S/c1-12-8-18(24-28-12)14-4-5-19(17(21)9-14)27-11-15-10-20(22,23)7-6-16(15)13(2)29(3,25)26/h4-5,8-9,15-16H,2,6-7,10-11H2,1,3H3/t15-,16?/m1/s1. The molecule has 1 saturated carbocycles. The van der Waals surface area contributed by atoms with Gasteiger partial charge < -0.3 is 9.26 Å². The van der Waals surface area contributed by atoms with Gasteiger partial charge in [-0.1, -0.05) is 11.7 Å². The van der Waals surface area contributed by atoms with Crippen molar-refractivity contribution in [1.82, 2.24) is 5.16 Å². The first kappa shape index (κ1) is 21.4. The van der Waals surface area contributed by atoms with E-state index < -0.39 is 46.3 Å². The summed E-state index contributed by atoms with van der Waals surface area (Å²) in [5.41, 5.74) is 0.948. The highest BCUT2D eigenvalue weighted by Crippen LogP contribution is 2.44. The molecule has 0 aliphatic heterocycles. The van der Waals surface area contributed by atoms with Crippen LogP contribution in [0.3, 0.4) is 0 Å². The van der Waals surface area contributed by atoms with Crippen molar-refractivity contribution >= 4 is 9.84 Å². The van der Waals surface area contributed by atoms with Crippen LogP contribution >= 0.6 is 0 Å². The van der Waals surface area contributed by atoms with Crippen molar-refractivity contribution < 1.29 is 30.8 Å². The predicted octanol–water partition coefficient (Wildman–Crippen LogP) is 4.78. The number of allylic oxidation sites excluding steroid dienone is 1. The van der Waals surface area contributed by atoms with Crippen molar-refractivity contribution in [3.63, 3.8) is 0 Å². The molecule has 1 aromatic heterocycles. The van der Waals surface area contributed by atoms with Crippen LogP contribution in [0.2, 0.25) is 0 Å². The molecule has 1 fully saturated rings. The second kappa shape index (κ2) is 7.85. The van der Waals surface area contributed by atoms with E-state index in [4.69, 9.17) is 9.26 Å². The van der Waals surface area contributed by atoms with E-state index in [1.54, 1.807) is 19.1 Å². The molecule has 158 valence electrons. The number of rotatable bonds is 6. The lowest BCUT2D eigenvalue weighted by molar-refractivity contribution is -0.0706. The highest BCUT2D eigenvalue weighted by atomic mass is 32.2. The number of hydrogen-bond acceptors (Lipinski definition) is 5. The lowest BCUT2D eigenvalue weighted by atomic mass is 9.77. The van der Waals surface area contributed by atoms with Gasteiger partial charge in [0.25, 0.3) is 0 Å². The quantitative estimate of drug-likeness (QED) is 0.661. The fourth-order valence-electron chi connectivity index (χ4n) is 3.58. The Morgan fingerprint density at radius 3 is 2.69 bits per heavy atom. The van der Waals surface area contributed by atoms with Crippen LogP contribution in [0.4, 0.5) is 13.2 Å². The minimum atomic E-state index is -3.58. The molecule has 0 amide bonds.